The van der Waals surface area contributed by atoms with Gasteiger partial charge in [-0.15, -0.1) is 0 Å². The summed E-state index contributed by atoms with van der Waals surface area (Å²) in [6.45, 7) is 3.80. The molecule has 0 spiro atoms. The SMILES string of the molecule is Cc1noc(C)c1COc1cc2ccccc2cc1C(=O)NNC(=O)c1cc(-c2ccccc2)on1. The smallest absolute Gasteiger partial charge is 0.291 e. The van der Waals surface area contributed by atoms with Crippen molar-refractivity contribution in [1.29, 1.82) is 0 Å². The lowest BCUT2D eigenvalue weighted by Crippen LogP contribution is -2.41. The first-order valence-corrected chi connectivity index (χ1v) is 11.2. The molecule has 0 saturated heterocycles. The van der Waals surface area contributed by atoms with Crippen LogP contribution in [0.1, 0.15) is 37.9 Å². The summed E-state index contributed by atoms with van der Waals surface area (Å²) in [5, 5.41) is 9.49. The van der Waals surface area contributed by atoms with E-state index >= 15 is 0 Å². The highest BCUT2D eigenvalue weighted by Crippen LogP contribution is 2.28. The van der Waals surface area contributed by atoms with Crippen molar-refractivity contribution in [2.45, 2.75) is 20.5 Å². The lowest BCUT2D eigenvalue weighted by atomic mass is 10.1. The first-order valence-electron chi connectivity index (χ1n) is 11.2. The number of nitrogens with zero attached hydrogens (tertiary/aromatic N) is 2. The Hall–Kier alpha value is -4.92. The third kappa shape index (κ3) is 4.67. The Kier molecular flexibility index (Phi) is 6.19. The second kappa shape index (κ2) is 9.75. The molecule has 0 aliphatic rings. The molecule has 2 N–H and O–H groups in total. The summed E-state index contributed by atoms with van der Waals surface area (Å²) >= 11 is 0. The van der Waals surface area contributed by atoms with Crippen molar-refractivity contribution in [3.05, 3.63) is 101 Å². The molecule has 9 nitrogen and oxygen atoms in total. The molecule has 0 saturated carbocycles. The lowest BCUT2D eigenvalue weighted by molar-refractivity contribution is 0.0839. The Morgan fingerprint density at radius 1 is 0.833 bits per heavy atom. The Morgan fingerprint density at radius 2 is 1.53 bits per heavy atom. The number of benzene rings is 3. The summed E-state index contributed by atoms with van der Waals surface area (Å²) in [6, 6.07) is 21.9. The second-order valence-corrected chi connectivity index (χ2v) is 8.14. The number of fused-ring (bicyclic) bond motifs is 1. The average Bonchev–Trinajstić information content (AvgIpc) is 3.52. The molecule has 2 heterocycles. The first-order chi connectivity index (χ1) is 17.5. The van der Waals surface area contributed by atoms with Gasteiger partial charge in [-0.2, -0.15) is 0 Å². The molecular formula is C27H22N4O5. The number of carbonyl (C=O) groups excluding carboxylic acids is 2. The largest absolute Gasteiger partial charge is 0.488 e. The van der Waals surface area contributed by atoms with Crippen molar-refractivity contribution in [3.8, 4) is 17.1 Å². The number of carbonyl (C=O) groups is 2. The highest BCUT2D eigenvalue weighted by molar-refractivity contribution is 6.03. The van der Waals surface area contributed by atoms with Crippen LogP contribution in [-0.2, 0) is 6.61 Å². The van der Waals surface area contributed by atoms with E-state index in [0.717, 1.165) is 21.9 Å². The zero-order valence-electron chi connectivity index (χ0n) is 19.6. The third-order valence-electron chi connectivity index (χ3n) is 5.74. The monoisotopic (exact) mass is 482 g/mol. The van der Waals surface area contributed by atoms with Crippen LogP contribution in [0.4, 0.5) is 0 Å². The Morgan fingerprint density at radius 3 is 2.25 bits per heavy atom. The number of ether oxygens (including phenoxy) is 1. The number of aromatic nitrogens is 2. The van der Waals surface area contributed by atoms with E-state index < -0.39 is 11.8 Å². The van der Waals surface area contributed by atoms with Crippen LogP contribution >= 0.6 is 0 Å². The van der Waals surface area contributed by atoms with E-state index in [1.165, 1.54) is 6.07 Å². The van der Waals surface area contributed by atoms with Gasteiger partial charge in [-0.25, -0.2) is 0 Å². The number of amides is 2. The normalized spacial score (nSPS) is 10.8. The van der Waals surface area contributed by atoms with Crippen molar-refractivity contribution < 1.29 is 23.4 Å². The van der Waals surface area contributed by atoms with Crippen LogP contribution < -0.4 is 15.6 Å². The topological polar surface area (TPSA) is 119 Å². The van der Waals surface area contributed by atoms with Crippen LogP contribution in [0.25, 0.3) is 22.1 Å². The molecule has 0 bridgehead atoms. The summed E-state index contributed by atoms with van der Waals surface area (Å²) in [5.41, 5.74) is 7.41. The van der Waals surface area contributed by atoms with Crippen LogP contribution in [0.3, 0.4) is 0 Å². The summed E-state index contributed by atoms with van der Waals surface area (Å²) in [4.78, 5) is 25.7. The number of hydrogen-bond acceptors (Lipinski definition) is 7. The molecule has 9 heteroatoms. The minimum absolute atomic E-state index is 0.0301. The van der Waals surface area contributed by atoms with Crippen molar-refractivity contribution >= 4 is 22.6 Å². The van der Waals surface area contributed by atoms with Crippen LogP contribution in [0.5, 0.6) is 5.75 Å². The fourth-order valence-corrected chi connectivity index (χ4v) is 3.74. The maximum Gasteiger partial charge on any atom is 0.291 e. The average molecular weight is 482 g/mol. The van der Waals surface area contributed by atoms with Crippen molar-refractivity contribution in [2.75, 3.05) is 0 Å². The predicted octanol–water partition coefficient (Wildman–Crippen LogP) is 4.75. The van der Waals surface area contributed by atoms with E-state index in [1.54, 1.807) is 19.1 Å². The minimum Gasteiger partial charge on any atom is -0.488 e. The molecule has 36 heavy (non-hydrogen) atoms. The van der Waals surface area contributed by atoms with Gasteiger partial charge in [0.15, 0.2) is 11.5 Å². The van der Waals surface area contributed by atoms with E-state index in [0.29, 0.717) is 23.0 Å². The van der Waals surface area contributed by atoms with E-state index in [2.05, 4.69) is 21.2 Å². The van der Waals surface area contributed by atoms with Crippen molar-refractivity contribution in [3.63, 3.8) is 0 Å². The molecular weight excluding hydrogens is 460 g/mol. The highest BCUT2D eigenvalue weighted by atomic mass is 16.5. The molecule has 5 rings (SSSR count). The van der Waals surface area contributed by atoms with Crippen LogP contribution in [0, 0.1) is 13.8 Å². The second-order valence-electron chi connectivity index (χ2n) is 8.14. The number of hydrazine groups is 1. The number of nitrogens with one attached hydrogen (secondary N) is 2. The molecule has 0 unspecified atom stereocenters. The summed E-state index contributed by atoms with van der Waals surface area (Å²) in [6.07, 6.45) is 0. The van der Waals surface area contributed by atoms with E-state index in [4.69, 9.17) is 13.8 Å². The fraction of sp³-hybridized carbons (Fsp3) is 0.111. The zero-order valence-corrected chi connectivity index (χ0v) is 19.6. The Bertz CT molecular complexity index is 1540. The van der Waals surface area contributed by atoms with Gasteiger partial charge in [-0.3, -0.25) is 20.4 Å². The fourth-order valence-electron chi connectivity index (χ4n) is 3.74. The van der Waals surface area contributed by atoms with Gasteiger partial charge in [0.05, 0.1) is 16.8 Å². The van der Waals surface area contributed by atoms with E-state index in [9.17, 15) is 9.59 Å². The van der Waals surface area contributed by atoms with Crippen LogP contribution in [-0.4, -0.2) is 22.1 Å². The molecule has 3 aromatic carbocycles. The number of hydrogen-bond donors (Lipinski definition) is 2. The third-order valence-corrected chi connectivity index (χ3v) is 5.74. The van der Waals surface area contributed by atoms with Gasteiger partial charge in [0, 0.05) is 11.6 Å². The van der Waals surface area contributed by atoms with Crippen LogP contribution in [0.2, 0.25) is 0 Å². The van der Waals surface area contributed by atoms with Gasteiger partial charge in [-0.05, 0) is 36.8 Å². The van der Waals surface area contributed by atoms with E-state index in [1.807, 2.05) is 61.5 Å². The molecule has 0 atom stereocenters. The van der Waals surface area contributed by atoms with Crippen molar-refractivity contribution in [2.24, 2.45) is 0 Å². The van der Waals surface area contributed by atoms with Gasteiger partial charge in [0.2, 0.25) is 0 Å². The van der Waals surface area contributed by atoms with Gasteiger partial charge in [-0.1, -0.05) is 64.9 Å². The first kappa shape index (κ1) is 22.9. The number of rotatable bonds is 6. The van der Waals surface area contributed by atoms with Crippen LogP contribution in [0.15, 0.2) is 81.8 Å². The highest BCUT2D eigenvalue weighted by Gasteiger charge is 2.19. The van der Waals surface area contributed by atoms with Gasteiger partial charge >= 0.3 is 0 Å². The van der Waals surface area contributed by atoms with Gasteiger partial charge in [0.25, 0.3) is 11.8 Å². The van der Waals surface area contributed by atoms with Crippen molar-refractivity contribution in [1.82, 2.24) is 21.2 Å². The Labute approximate surface area is 206 Å². The summed E-state index contributed by atoms with van der Waals surface area (Å²) < 4.78 is 16.5. The predicted molar refractivity (Wildman–Crippen MR) is 131 cm³/mol. The standard InChI is InChI=1S/C27H22N4O5/c1-16-22(17(2)35-30-16)15-34-25-13-20-11-7-6-10-19(20)12-21(25)26(32)28-29-27(33)23-14-24(36-31-23)18-8-4-3-5-9-18/h3-14H,15H2,1-2H3,(H,28,32)(H,29,33). The molecule has 0 radical (unpaired) electrons. The maximum absolute atomic E-state index is 13.1. The molecule has 0 aliphatic heterocycles. The van der Waals surface area contributed by atoms with E-state index in [-0.39, 0.29) is 17.9 Å². The zero-order chi connectivity index (χ0) is 25.1. The Balaban J connectivity index is 1.33. The molecule has 0 fully saturated rings. The summed E-state index contributed by atoms with van der Waals surface area (Å²) in [5.74, 6) is 0.279. The molecule has 180 valence electrons. The molecule has 2 aromatic heterocycles. The number of aryl methyl sites for hydroxylation is 2. The molecule has 0 aliphatic carbocycles. The molecule has 2 amide bonds. The summed E-state index contributed by atoms with van der Waals surface area (Å²) in [7, 11) is 0. The lowest BCUT2D eigenvalue weighted by Gasteiger charge is -2.13. The van der Waals surface area contributed by atoms with Gasteiger partial charge in [0.1, 0.15) is 18.1 Å². The minimum atomic E-state index is -0.617. The molecule has 5 aromatic rings. The quantitative estimate of drug-likeness (QED) is 0.335. The maximum atomic E-state index is 13.1. The van der Waals surface area contributed by atoms with Gasteiger partial charge < -0.3 is 13.8 Å².